The number of hydrogen-bond donors (Lipinski definition) is 2. The van der Waals surface area contributed by atoms with Crippen LogP contribution >= 0.6 is 23.7 Å². The zero-order valence-electron chi connectivity index (χ0n) is 19.1. The van der Waals surface area contributed by atoms with Crippen LogP contribution < -0.4 is 10.6 Å². The van der Waals surface area contributed by atoms with Crippen molar-refractivity contribution in [2.45, 2.75) is 50.4 Å². The lowest BCUT2D eigenvalue weighted by atomic mass is 10.2. The maximum absolute atomic E-state index is 13.1. The Hall–Kier alpha value is -2.53. The van der Waals surface area contributed by atoms with E-state index in [1.165, 1.54) is 17.4 Å². The van der Waals surface area contributed by atoms with Gasteiger partial charge >= 0.3 is 12.3 Å². The topological polar surface area (TPSA) is 70.7 Å². The van der Waals surface area contributed by atoms with Crippen LogP contribution in [0.15, 0.2) is 58.8 Å². The van der Waals surface area contributed by atoms with Gasteiger partial charge in [-0.3, -0.25) is 4.79 Å². The van der Waals surface area contributed by atoms with Crippen LogP contribution in [0.1, 0.15) is 33.3 Å². The fourth-order valence-corrected chi connectivity index (χ4v) is 4.06. The number of anilines is 1. The summed E-state index contributed by atoms with van der Waals surface area (Å²) in [6.07, 6.45) is -4.12. The van der Waals surface area contributed by atoms with Crippen LogP contribution in [0.3, 0.4) is 0 Å². The van der Waals surface area contributed by atoms with Gasteiger partial charge in [0.1, 0.15) is 5.60 Å². The fourth-order valence-electron chi connectivity index (χ4n) is 2.26. The van der Waals surface area contributed by atoms with Crippen molar-refractivity contribution >= 4 is 41.4 Å². The number of ether oxygens (including phenoxy) is 1. The van der Waals surface area contributed by atoms with Crippen molar-refractivity contribution in [1.29, 1.82) is 0 Å². The van der Waals surface area contributed by atoms with Crippen LogP contribution in [-0.4, -0.2) is 35.0 Å². The first-order valence-corrected chi connectivity index (χ1v) is 11.3. The Morgan fingerprint density at radius 1 is 1.21 bits per heavy atom. The van der Waals surface area contributed by atoms with Crippen molar-refractivity contribution in [3.05, 3.63) is 59.5 Å². The van der Waals surface area contributed by atoms with E-state index < -0.39 is 35.4 Å². The number of carbonyl (C=O) groups is 2. The number of nitrogens with zero attached hydrogens (tertiary/aromatic N) is 1. The predicted molar refractivity (Wildman–Crippen MR) is 129 cm³/mol. The van der Waals surface area contributed by atoms with Gasteiger partial charge in [-0.2, -0.15) is 13.2 Å². The zero-order chi connectivity index (χ0) is 25.6. The Morgan fingerprint density at radius 3 is 2.30 bits per heavy atom. The first kappa shape index (κ1) is 28.5. The van der Waals surface area contributed by atoms with Crippen molar-refractivity contribution in [2.24, 2.45) is 0 Å². The molecule has 0 spiro atoms. The average molecular weight is 504 g/mol. The van der Waals surface area contributed by atoms with E-state index in [2.05, 4.69) is 30.4 Å². The van der Waals surface area contributed by atoms with Crippen LogP contribution in [0.2, 0.25) is 0 Å². The quantitative estimate of drug-likeness (QED) is 0.300. The number of amides is 2. The predicted octanol–water partition coefficient (Wildman–Crippen LogP) is 6.40. The molecule has 0 radical (unpaired) electrons. The van der Waals surface area contributed by atoms with Crippen molar-refractivity contribution in [3.8, 4) is 0 Å². The maximum atomic E-state index is 13.1. The number of hydrogen-bond acceptors (Lipinski definition) is 6. The highest BCUT2D eigenvalue weighted by Crippen LogP contribution is 2.39. The molecule has 0 heterocycles. The number of rotatable bonds is 9. The molecule has 0 bridgehead atoms. The molecule has 1 aromatic carbocycles. The van der Waals surface area contributed by atoms with E-state index in [9.17, 15) is 22.8 Å². The smallest absolute Gasteiger partial charge is 0.421 e. The normalized spacial score (nSPS) is 12.4. The molecule has 0 saturated carbocycles. The van der Waals surface area contributed by atoms with Gasteiger partial charge in [-0.15, -0.1) is 0 Å². The van der Waals surface area contributed by atoms with E-state index in [-0.39, 0.29) is 10.7 Å². The molecular formula is C22H28F3N3O3S2. The lowest BCUT2D eigenvalue weighted by Gasteiger charge is -2.32. The average Bonchev–Trinajstić information content (AvgIpc) is 2.68. The molecule has 2 N–H and O–H groups in total. The monoisotopic (exact) mass is 503 g/mol. The molecule has 0 aliphatic heterocycles. The van der Waals surface area contributed by atoms with Crippen LogP contribution in [0.25, 0.3) is 0 Å². The minimum atomic E-state index is -4.51. The SMILES string of the molecule is C=CC(=O)NC(=C)SC(=C)C(C)N(Sc1ccc(C(F)(F)F)cc1NC)C(=O)OC(C)(C)C. The third kappa shape index (κ3) is 9.09. The van der Waals surface area contributed by atoms with Crippen LogP contribution in [0.4, 0.5) is 23.7 Å². The second kappa shape index (κ2) is 11.6. The number of nitrogens with one attached hydrogen (secondary N) is 2. The highest BCUT2D eigenvalue weighted by Gasteiger charge is 2.33. The van der Waals surface area contributed by atoms with Gasteiger partial charge in [0.2, 0.25) is 5.91 Å². The summed E-state index contributed by atoms with van der Waals surface area (Å²) in [4.78, 5) is 25.3. The van der Waals surface area contributed by atoms with Crippen LogP contribution in [0, 0.1) is 0 Å². The molecule has 0 saturated heterocycles. The van der Waals surface area contributed by atoms with E-state index in [4.69, 9.17) is 4.74 Å². The van der Waals surface area contributed by atoms with Crippen molar-refractivity contribution < 1.29 is 27.5 Å². The van der Waals surface area contributed by atoms with Gasteiger partial charge in [0, 0.05) is 17.6 Å². The molecule has 182 valence electrons. The number of carbonyl (C=O) groups excluding carboxylic acids is 2. The second-order valence-electron chi connectivity index (χ2n) is 7.72. The molecule has 33 heavy (non-hydrogen) atoms. The summed E-state index contributed by atoms with van der Waals surface area (Å²) < 4.78 is 46.1. The second-order valence-corrected chi connectivity index (χ2v) is 9.95. The van der Waals surface area contributed by atoms with E-state index in [1.807, 2.05) is 0 Å². The molecule has 1 rings (SSSR count). The minimum Gasteiger partial charge on any atom is -0.443 e. The van der Waals surface area contributed by atoms with Gasteiger partial charge in [0.15, 0.2) is 0 Å². The van der Waals surface area contributed by atoms with E-state index in [0.29, 0.717) is 9.80 Å². The Labute approximate surface area is 200 Å². The summed E-state index contributed by atoms with van der Waals surface area (Å²) in [5.74, 6) is -0.449. The lowest BCUT2D eigenvalue weighted by molar-refractivity contribution is -0.137. The zero-order valence-corrected chi connectivity index (χ0v) is 20.8. The molecule has 0 aliphatic rings. The molecular weight excluding hydrogens is 475 g/mol. The van der Waals surface area contributed by atoms with Crippen LogP contribution in [-0.2, 0) is 15.7 Å². The third-order valence-corrected chi connectivity index (χ3v) is 6.03. The summed E-state index contributed by atoms with van der Waals surface area (Å²) in [6.45, 7) is 17.8. The van der Waals surface area contributed by atoms with Gasteiger partial charge in [-0.05, 0) is 63.9 Å². The van der Waals surface area contributed by atoms with Crippen molar-refractivity contribution in [1.82, 2.24) is 9.62 Å². The van der Waals surface area contributed by atoms with Gasteiger partial charge in [0.05, 0.1) is 21.5 Å². The highest BCUT2D eigenvalue weighted by molar-refractivity contribution is 8.06. The minimum absolute atomic E-state index is 0.191. The molecule has 1 unspecified atom stereocenters. The standard InChI is InChI=1S/C22H28F3N3O3S2/c1-9-19(29)27-15(4)32-14(3)13(2)28(20(30)31-21(5,6)7)33-18-11-10-16(22(23,24)25)12-17(18)26-8/h9-13,26H,1,3-4H2,2,5-8H3,(H,27,29). The number of thioether (sulfide) groups is 1. The highest BCUT2D eigenvalue weighted by atomic mass is 32.2. The van der Waals surface area contributed by atoms with Gasteiger partial charge < -0.3 is 15.4 Å². The Kier molecular flexibility index (Phi) is 9.98. The Morgan fingerprint density at radius 2 is 1.82 bits per heavy atom. The molecule has 2 amide bonds. The molecule has 0 aliphatic carbocycles. The molecule has 1 atom stereocenters. The summed E-state index contributed by atoms with van der Waals surface area (Å²) in [7, 11) is 1.49. The summed E-state index contributed by atoms with van der Waals surface area (Å²) in [5.41, 5.74) is -1.43. The van der Waals surface area contributed by atoms with E-state index in [1.54, 1.807) is 27.7 Å². The van der Waals surface area contributed by atoms with Crippen LogP contribution in [0.5, 0.6) is 0 Å². The molecule has 1 aromatic rings. The first-order chi connectivity index (χ1) is 15.1. The third-order valence-electron chi connectivity index (χ3n) is 3.87. The first-order valence-electron chi connectivity index (χ1n) is 9.67. The molecule has 6 nitrogen and oxygen atoms in total. The van der Waals surface area contributed by atoms with Crippen molar-refractivity contribution in [2.75, 3.05) is 12.4 Å². The summed E-state index contributed by atoms with van der Waals surface area (Å²) in [6, 6.07) is 2.54. The Bertz CT molecular complexity index is 928. The number of alkyl halides is 3. The van der Waals surface area contributed by atoms with Gasteiger partial charge in [-0.25, -0.2) is 9.10 Å². The van der Waals surface area contributed by atoms with Gasteiger partial charge in [-0.1, -0.05) is 31.5 Å². The number of benzene rings is 1. The summed E-state index contributed by atoms with van der Waals surface area (Å²) in [5, 5.41) is 5.51. The lowest BCUT2D eigenvalue weighted by Crippen LogP contribution is -2.38. The molecule has 0 fully saturated rings. The summed E-state index contributed by atoms with van der Waals surface area (Å²) >= 11 is 1.96. The largest absolute Gasteiger partial charge is 0.443 e. The maximum Gasteiger partial charge on any atom is 0.421 e. The van der Waals surface area contributed by atoms with E-state index >= 15 is 0 Å². The number of halogens is 3. The molecule has 11 heteroatoms. The fraction of sp³-hybridized carbons (Fsp3) is 0.364. The van der Waals surface area contributed by atoms with Crippen molar-refractivity contribution in [3.63, 3.8) is 0 Å². The Balaban J connectivity index is 3.24. The van der Waals surface area contributed by atoms with Gasteiger partial charge in [0.25, 0.3) is 0 Å². The molecule has 0 aromatic heterocycles. The van der Waals surface area contributed by atoms with E-state index in [0.717, 1.165) is 41.9 Å².